The number of hydrogen-bond donors (Lipinski definition) is 1. The molecule has 0 saturated carbocycles. The molecule has 4 rings (SSSR count). The van der Waals surface area contributed by atoms with Crippen LogP contribution in [0.15, 0.2) is 47.1 Å². The number of hydrogen-bond acceptors (Lipinski definition) is 5. The summed E-state index contributed by atoms with van der Waals surface area (Å²) in [6, 6.07) is 13.2. The van der Waals surface area contributed by atoms with Crippen LogP contribution in [-0.2, 0) is 11.3 Å². The summed E-state index contributed by atoms with van der Waals surface area (Å²) >= 11 is 3.59. The molecule has 7 nitrogen and oxygen atoms in total. The van der Waals surface area contributed by atoms with Crippen LogP contribution in [-0.4, -0.2) is 56.0 Å². The van der Waals surface area contributed by atoms with Gasteiger partial charge in [-0.05, 0) is 28.5 Å². The Hall–Kier alpha value is -2.79. The van der Waals surface area contributed by atoms with Crippen molar-refractivity contribution >= 4 is 38.5 Å². The number of aliphatic carboxylic acids is 1. The van der Waals surface area contributed by atoms with Gasteiger partial charge in [0.25, 0.3) is 0 Å². The quantitative estimate of drug-likeness (QED) is 0.545. The van der Waals surface area contributed by atoms with Crippen LogP contribution in [0.5, 0.6) is 0 Å². The van der Waals surface area contributed by atoms with Gasteiger partial charge in [0.2, 0.25) is 0 Å². The van der Waals surface area contributed by atoms with Gasteiger partial charge in [0.15, 0.2) is 5.78 Å². The number of rotatable bonds is 4. The summed E-state index contributed by atoms with van der Waals surface area (Å²) < 4.78 is 34.7. The maximum Gasteiger partial charge on any atom is 0.490 e. The monoisotopic (exact) mass is 498 g/mol. The van der Waals surface area contributed by atoms with E-state index >= 15 is 0 Å². The number of carbonyl (C=O) groups is 2. The third kappa shape index (κ3) is 5.67. The fourth-order valence-electron chi connectivity index (χ4n) is 3.11. The number of nitrogens with zero attached hydrogens (tertiary/aromatic N) is 4. The topological polar surface area (TPSA) is 88.3 Å². The minimum Gasteiger partial charge on any atom is -0.475 e. The van der Waals surface area contributed by atoms with Gasteiger partial charge >= 0.3 is 12.1 Å². The molecule has 0 amide bonds. The number of carboxylic acids is 1. The SMILES string of the molecule is CC(=O)c1cn(C2CN(Cc3ccc4c(Br)cccc4c3)C2)nn1.O=C(O)C(F)(F)F. The zero-order valence-corrected chi connectivity index (χ0v) is 17.9. The summed E-state index contributed by atoms with van der Waals surface area (Å²) in [5, 5.41) is 17.6. The van der Waals surface area contributed by atoms with Crippen molar-refractivity contribution in [2.75, 3.05) is 13.1 Å². The number of likely N-dealkylation sites (tertiary alicyclic amines) is 1. The molecule has 0 aliphatic carbocycles. The fourth-order valence-corrected chi connectivity index (χ4v) is 3.62. The van der Waals surface area contributed by atoms with E-state index in [-0.39, 0.29) is 5.78 Å². The molecule has 2 heterocycles. The molecular formula is C20H18BrF3N4O3. The first-order chi connectivity index (χ1) is 14.5. The van der Waals surface area contributed by atoms with E-state index in [2.05, 4.69) is 67.5 Å². The molecule has 0 unspecified atom stereocenters. The Labute approximate surface area is 183 Å². The van der Waals surface area contributed by atoms with E-state index in [0.717, 1.165) is 24.1 Å². The van der Waals surface area contributed by atoms with Gasteiger partial charge in [0, 0.05) is 31.0 Å². The lowest BCUT2D eigenvalue weighted by Gasteiger charge is -2.38. The average molecular weight is 499 g/mol. The second kappa shape index (κ2) is 9.15. The van der Waals surface area contributed by atoms with Gasteiger partial charge in [0.1, 0.15) is 5.69 Å². The Kier molecular flexibility index (Phi) is 6.75. The smallest absolute Gasteiger partial charge is 0.475 e. The van der Waals surface area contributed by atoms with Crippen molar-refractivity contribution < 1.29 is 27.9 Å². The molecule has 11 heteroatoms. The zero-order valence-electron chi connectivity index (χ0n) is 16.3. The Balaban J connectivity index is 0.000000339. The van der Waals surface area contributed by atoms with Gasteiger partial charge in [-0.25, -0.2) is 9.48 Å². The van der Waals surface area contributed by atoms with Crippen molar-refractivity contribution in [1.82, 2.24) is 19.9 Å². The third-order valence-corrected chi connectivity index (χ3v) is 5.41. The number of alkyl halides is 3. The van der Waals surface area contributed by atoms with E-state index in [4.69, 9.17) is 9.90 Å². The largest absolute Gasteiger partial charge is 0.490 e. The third-order valence-electron chi connectivity index (χ3n) is 4.72. The molecule has 1 aliphatic heterocycles. The Bertz CT molecular complexity index is 1110. The standard InChI is InChI=1S/C18H17BrN4O.C2HF3O2/c1-12(24)18-11-23(21-20-18)15-9-22(10-15)8-13-5-6-16-14(7-13)3-2-4-17(16)19;3-2(4,5)1(6)7/h2-7,11,15H,8-10H2,1H3;(H,6,7). The molecule has 3 aromatic rings. The normalized spacial score (nSPS) is 14.6. The fraction of sp³-hybridized carbons (Fsp3) is 0.300. The molecule has 0 atom stereocenters. The Morgan fingerprint density at radius 2 is 1.90 bits per heavy atom. The molecule has 1 aromatic heterocycles. The second-order valence-electron chi connectivity index (χ2n) is 7.09. The van der Waals surface area contributed by atoms with Crippen LogP contribution in [0.4, 0.5) is 13.2 Å². The summed E-state index contributed by atoms with van der Waals surface area (Å²) in [7, 11) is 0. The summed E-state index contributed by atoms with van der Waals surface area (Å²) in [4.78, 5) is 22.6. The van der Waals surface area contributed by atoms with E-state index in [9.17, 15) is 18.0 Å². The predicted octanol–water partition coefficient (Wildman–Crippen LogP) is 4.09. The van der Waals surface area contributed by atoms with Crippen molar-refractivity contribution in [3.05, 3.63) is 58.3 Å². The number of carbonyl (C=O) groups excluding carboxylic acids is 1. The van der Waals surface area contributed by atoms with E-state index in [1.54, 1.807) is 6.20 Å². The van der Waals surface area contributed by atoms with Crippen molar-refractivity contribution in [2.24, 2.45) is 0 Å². The molecule has 0 radical (unpaired) electrons. The van der Waals surface area contributed by atoms with Crippen LogP contribution >= 0.6 is 15.9 Å². The van der Waals surface area contributed by atoms with Gasteiger partial charge < -0.3 is 5.11 Å². The maximum absolute atomic E-state index is 11.3. The molecule has 1 saturated heterocycles. The van der Waals surface area contributed by atoms with Gasteiger partial charge in [-0.2, -0.15) is 13.2 Å². The summed E-state index contributed by atoms with van der Waals surface area (Å²) in [5.41, 5.74) is 1.75. The number of ketones is 1. The number of Topliss-reactive ketones (excluding diaryl/α,β-unsaturated/α-hetero) is 1. The number of aromatic nitrogens is 3. The molecule has 1 N–H and O–H groups in total. The lowest BCUT2D eigenvalue weighted by atomic mass is 10.0. The second-order valence-corrected chi connectivity index (χ2v) is 7.94. The van der Waals surface area contributed by atoms with Crippen molar-refractivity contribution in [1.29, 1.82) is 0 Å². The molecule has 2 aromatic carbocycles. The highest BCUT2D eigenvalue weighted by atomic mass is 79.9. The molecule has 1 fully saturated rings. The first-order valence-electron chi connectivity index (χ1n) is 9.17. The predicted molar refractivity (Wildman–Crippen MR) is 110 cm³/mol. The van der Waals surface area contributed by atoms with E-state index in [0.29, 0.717) is 11.7 Å². The number of carboxylic acid groups (broad SMARTS) is 1. The van der Waals surface area contributed by atoms with Crippen molar-refractivity contribution in [3.63, 3.8) is 0 Å². The van der Waals surface area contributed by atoms with Crippen molar-refractivity contribution in [2.45, 2.75) is 25.7 Å². The summed E-state index contributed by atoms with van der Waals surface area (Å²) in [5.74, 6) is -2.80. The molecule has 31 heavy (non-hydrogen) atoms. The van der Waals surface area contributed by atoms with E-state index < -0.39 is 12.1 Å². The molecule has 0 spiro atoms. The van der Waals surface area contributed by atoms with E-state index in [1.165, 1.54) is 23.3 Å². The van der Waals surface area contributed by atoms with Crippen molar-refractivity contribution in [3.8, 4) is 0 Å². The zero-order chi connectivity index (χ0) is 22.8. The first kappa shape index (κ1) is 22.9. The number of halogens is 4. The average Bonchev–Trinajstić information content (AvgIpc) is 3.14. The highest BCUT2D eigenvalue weighted by Crippen LogP contribution is 2.27. The van der Waals surface area contributed by atoms with Crippen LogP contribution in [0.1, 0.15) is 29.0 Å². The lowest BCUT2D eigenvalue weighted by Crippen LogP contribution is -2.47. The van der Waals surface area contributed by atoms with Crippen LogP contribution in [0.2, 0.25) is 0 Å². The van der Waals surface area contributed by atoms with Crippen LogP contribution in [0.3, 0.4) is 0 Å². The Morgan fingerprint density at radius 3 is 2.48 bits per heavy atom. The maximum atomic E-state index is 11.3. The first-order valence-corrected chi connectivity index (χ1v) is 9.96. The minimum atomic E-state index is -5.08. The molecule has 1 aliphatic rings. The molecule has 0 bridgehead atoms. The van der Waals surface area contributed by atoms with Gasteiger partial charge in [-0.1, -0.05) is 45.4 Å². The summed E-state index contributed by atoms with van der Waals surface area (Å²) in [6.07, 6.45) is -3.34. The van der Waals surface area contributed by atoms with Gasteiger partial charge in [-0.15, -0.1) is 5.10 Å². The summed E-state index contributed by atoms with van der Waals surface area (Å²) in [6.45, 7) is 4.29. The van der Waals surface area contributed by atoms with Gasteiger partial charge in [-0.3, -0.25) is 9.69 Å². The minimum absolute atomic E-state index is 0.0419. The Morgan fingerprint density at radius 1 is 1.23 bits per heavy atom. The molecule has 164 valence electrons. The highest BCUT2D eigenvalue weighted by Gasteiger charge is 2.38. The van der Waals surface area contributed by atoms with Gasteiger partial charge in [0.05, 0.1) is 12.2 Å². The lowest BCUT2D eigenvalue weighted by molar-refractivity contribution is -0.192. The van der Waals surface area contributed by atoms with Crippen LogP contribution < -0.4 is 0 Å². The number of benzene rings is 2. The van der Waals surface area contributed by atoms with E-state index in [1.807, 2.05) is 4.68 Å². The van der Waals surface area contributed by atoms with Crippen LogP contribution in [0.25, 0.3) is 10.8 Å². The molecular weight excluding hydrogens is 481 g/mol. The highest BCUT2D eigenvalue weighted by molar-refractivity contribution is 9.10. The van der Waals surface area contributed by atoms with Crippen LogP contribution in [0, 0.1) is 0 Å². The number of fused-ring (bicyclic) bond motifs is 1.